The number of rotatable bonds is 5. The van der Waals surface area contributed by atoms with E-state index < -0.39 is 11.6 Å². The predicted octanol–water partition coefficient (Wildman–Crippen LogP) is 3.18. The van der Waals surface area contributed by atoms with Gasteiger partial charge in [-0.3, -0.25) is 4.99 Å². The number of nitrogens with zero attached hydrogens (tertiary/aromatic N) is 1. The number of benzene rings is 2. The van der Waals surface area contributed by atoms with Gasteiger partial charge in [0.2, 0.25) is 0 Å². The summed E-state index contributed by atoms with van der Waals surface area (Å²) in [5, 5.41) is 6.31. The molecule has 0 atom stereocenters. The second-order valence-electron chi connectivity index (χ2n) is 5.24. The molecular formula is C18H21F2N3. The van der Waals surface area contributed by atoms with Gasteiger partial charge in [-0.25, -0.2) is 8.78 Å². The molecule has 0 aliphatic rings. The van der Waals surface area contributed by atoms with Crippen LogP contribution in [0.25, 0.3) is 0 Å². The van der Waals surface area contributed by atoms with Crippen LogP contribution in [0.4, 0.5) is 8.78 Å². The molecule has 0 radical (unpaired) electrons. The summed E-state index contributed by atoms with van der Waals surface area (Å²) >= 11 is 0. The molecule has 122 valence electrons. The summed E-state index contributed by atoms with van der Waals surface area (Å²) < 4.78 is 26.7. The molecule has 2 N–H and O–H groups in total. The van der Waals surface area contributed by atoms with E-state index in [1.807, 2.05) is 12.1 Å². The van der Waals surface area contributed by atoms with Crippen LogP contribution in [-0.4, -0.2) is 19.6 Å². The number of guanidine groups is 1. The fraction of sp³-hybridized carbons (Fsp3) is 0.278. The number of halogens is 2. The molecule has 0 aliphatic heterocycles. The van der Waals surface area contributed by atoms with Crippen LogP contribution in [0.1, 0.15) is 16.7 Å². The first-order valence-electron chi connectivity index (χ1n) is 7.53. The van der Waals surface area contributed by atoms with Crippen molar-refractivity contribution in [2.45, 2.75) is 19.9 Å². The Labute approximate surface area is 135 Å². The number of hydrogen-bond acceptors (Lipinski definition) is 1. The highest BCUT2D eigenvalue weighted by Gasteiger charge is 2.07. The van der Waals surface area contributed by atoms with Gasteiger partial charge in [-0.1, -0.05) is 36.4 Å². The van der Waals surface area contributed by atoms with Crippen molar-refractivity contribution in [1.29, 1.82) is 0 Å². The normalized spacial score (nSPS) is 11.4. The standard InChI is InChI=1S/C18H21F2N3/c1-13-6-3-4-7-15(13)12-23-18(21-2)22-11-10-14-8-5-9-16(19)17(14)20/h3-9H,10-12H2,1-2H3,(H2,21,22,23). The summed E-state index contributed by atoms with van der Waals surface area (Å²) in [6.45, 7) is 3.18. The average molecular weight is 317 g/mol. The van der Waals surface area contributed by atoms with Crippen molar-refractivity contribution >= 4 is 5.96 Å². The maximum Gasteiger partial charge on any atom is 0.191 e. The van der Waals surface area contributed by atoms with Gasteiger partial charge >= 0.3 is 0 Å². The molecule has 0 spiro atoms. The summed E-state index contributed by atoms with van der Waals surface area (Å²) in [4.78, 5) is 4.13. The molecule has 2 rings (SSSR count). The second-order valence-corrected chi connectivity index (χ2v) is 5.24. The zero-order chi connectivity index (χ0) is 16.7. The first-order valence-corrected chi connectivity index (χ1v) is 7.53. The van der Waals surface area contributed by atoms with Crippen LogP contribution in [0.2, 0.25) is 0 Å². The Morgan fingerprint density at radius 1 is 1.00 bits per heavy atom. The van der Waals surface area contributed by atoms with Gasteiger partial charge < -0.3 is 10.6 Å². The molecule has 0 fully saturated rings. The summed E-state index contributed by atoms with van der Waals surface area (Å²) in [7, 11) is 1.68. The predicted molar refractivity (Wildman–Crippen MR) is 89.4 cm³/mol. The molecular weight excluding hydrogens is 296 g/mol. The number of aryl methyl sites for hydroxylation is 1. The van der Waals surface area contributed by atoms with Gasteiger partial charge in [0, 0.05) is 20.1 Å². The fourth-order valence-electron chi connectivity index (χ4n) is 2.27. The third kappa shape index (κ3) is 4.77. The lowest BCUT2D eigenvalue weighted by atomic mass is 10.1. The van der Waals surface area contributed by atoms with Crippen LogP contribution in [0.15, 0.2) is 47.5 Å². The molecule has 2 aromatic carbocycles. The molecule has 5 heteroatoms. The monoisotopic (exact) mass is 317 g/mol. The summed E-state index contributed by atoms with van der Waals surface area (Å²) in [6.07, 6.45) is 0.384. The van der Waals surface area contributed by atoms with Crippen LogP contribution in [-0.2, 0) is 13.0 Å². The van der Waals surface area contributed by atoms with E-state index in [1.54, 1.807) is 13.1 Å². The van der Waals surface area contributed by atoms with Gasteiger partial charge in [0.25, 0.3) is 0 Å². The molecule has 0 bridgehead atoms. The van der Waals surface area contributed by atoms with Crippen molar-refractivity contribution in [3.05, 3.63) is 70.8 Å². The zero-order valence-corrected chi connectivity index (χ0v) is 13.4. The maximum absolute atomic E-state index is 13.6. The van der Waals surface area contributed by atoms with Crippen molar-refractivity contribution in [1.82, 2.24) is 10.6 Å². The van der Waals surface area contributed by atoms with Gasteiger partial charge in [0.05, 0.1) is 0 Å². The third-order valence-corrected chi connectivity index (χ3v) is 3.65. The molecule has 0 saturated heterocycles. The van der Waals surface area contributed by atoms with E-state index in [9.17, 15) is 8.78 Å². The molecule has 0 amide bonds. The average Bonchev–Trinajstić information content (AvgIpc) is 2.56. The quantitative estimate of drug-likeness (QED) is 0.656. The Balaban J connectivity index is 1.84. The van der Waals surface area contributed by atoms with Crippen molar-refractivity contribution in [2.75, 3.05) is 13.6 Å². The topological polar surface area (TPSA) is 36.4 Å². The second kappa shape index (κ2) is 8.27. The molecule has 3 nitrogen and oxygen atoms in total. The summed E-state index contributed by atoms with van der Waals surface area (Å²) in [5.74, 6) is -0.966. The smallest absolute Gasteiger partial charge is 0.191 e. The van der Waals surface area contributed by atoms with Gasteiger partial charge in [-0.2, -0.15) is 0 Å². The molecule has 2 aromatic rings. The number of nitrogens with one attached hydrogen (secondary N) is 2. The van der Waals surface area contributed by atoms with E-state index in [-0.39, 0.29) is 0 Å². The first-order chi connectivity index (χ1) is 11.1. The van der Waals surface area contributed by atoms with Crippen molar-refractivity contribution in [3.63, 3.8) is 0 Å². The SMILES string of the molecule is CN=C(NCCc1cccc(F)c1F)NCc1ccccc1C. The lowest BCUT2D eigenvalue weighted by molar-refractivity contribution is 0.498. The Hall–Kier alpha value is -2.43. The minimum Gasteiger partial charge on any atom is -0.356 e. The van der Waals surface area contributed by atoms with Crippen LogP contribution in [0.3, 0.4) is 0 Å². The van der Waals surface area contributed by atoms with Crippen LogP contribution >= 0.6 is 0 Å². The number of aliphatic imine (C=N–C) groups is 1. The highest BCUT2D eigenvalue weighted by Crippen LogP contribution is 2.11. The Morgan fingerprint density at radius 2 is 1.74 bits per heavy atom. The molecule has 0 heterocycles. The van der Waals surface area contributed by atoms with Gasteiger partial charge in [0.15, 0.2) is 17.6 Å². The largest absolute Gasteiger partial charge is 0.356 e. The minimum atomic E-state index is -0.815. The van der Waals surface area contributed by atoms with E-state index >= 15 is 0 Å². The van der Waals surface area contributed by atoms with Crippen LogP contribution < -0.4 is 10.6 Å². The summed E-state index contributed by atoms with van der Waals surface area (Å²) in [6, 6.07) is 12.3. The van der Waals surface area contributed by atoms with Crippen molar-refractivity contribution in [2.24, 2.45) is 4.99 Å². The van der Waals surface area contributed by atoms with Crippen LogP contribution in [0.5, 0.6) is 0 Å². The van der Waals surface area contributed by atoms with E-state index in [4.69, 9.17) is 0 Å². The molecule has 0 unspecified atom stereocenters. The first kappa shape index (κ1) is 16.9. The molecule has 0 saturated carbocycles. The zero-order valence-electron chi connectivity index (χ0n) is 13.4. The third-order valence-electron chi connectivity index (χ3n) is 3.65. The lowest BCUT2D eigenvalue weighted by Gasteiger charge is -2.13. The maximum atomic E-state index is 13.6. The molecule has 0 aliphatic carbocycles. The van der Waals surface area contributed by atoms with E-state index in [0.29, 0.717) is 31.0 Å². The lowest BCUT2D eigenvalue weighted by Crippen LogP contribution is -2.38. The van der Waals surface area contributed by atoms with Gasteiger partial charge in [-0.15, -0.1) is 0 Å². The van der Waals surface area contributed by atoms with Crippen LogP contribution in [0, 0.1) is 18.6 Å². The van der Waals surface area contributed by atoms with Gasteiger partial charge in [-0.05, 0) is 36.1 Å². The Kier molecular flexibility index (Phi) is 6.09. The Bertz CT molecular complexity index is 684. The highest BCUT2D eigenvalue weighted by molar-refractivity contribution is 5.79. The van der Waals surface area contributed by atoms with E-state index in [0.717, 1.165) is 6.07 Å². The molecule has 0 aromatic heterocycles. The molecule has 23 heavy (non-hydrogen) atoms. The Morgan fingerprint density at radius 3 is 2.48 bits per heavy atom. The van der Waals surface area contributed by atoms with E-state index in [2.05, 4.69) is 34.7 Å². The van der Waals surface area contributed by atoms with E-state index in [1.165, 1.54) is 17.2 Å². The summed E-state index contributed by atoms with van der Waals surface area (Å²) in [5.41, 5.74) is 2.75. The van der Waals surface area contributed by atoms with Crippen molar-refractivity contribution < 1.29 is 8.78 Å². The number of hydrogen-bond donors (Lipinski definition) is 2. The minimum absolute atomic E-state index is 0.354. The van der Waals surface area contributed by atoms with Gasteiger partial charge in [0.1, 0.15) is 0 Å². The van der Waals surface area contributed by atoms with Crippen molar-refractivity contribution in [3.8, 4) is 0 Å². The fourth-order valence-corrected chi connectivity index (χ4v) is 2.27. The highest BCUT2D eigenvalue weighted by atomic mass is 19.2.